The quantitative estimate of drug-likeness (QED) is 0.474. The van der Waals surface area contributed by atoms with E-state index >= 15 is 0 Å². The molecule has 1 fully saturated rings. The van der Waals surface area contributed by atoms with Gasteiger partial charge >= 0.3 is 49.7 Å². The fraction of sp³-hybridized carbons (Fsp3) is 0.714. The van der Waals surface area contributed by atoms with Crippen molar-refractivity contribution in [2.45, 2.75) is 65.2 Å². The molecule has 0 heterocycles. The van der Waals surface area contributed by atoms with E-state index in [0.29, 0.717) is 0 Å². The Kier molecular flexibility index (Phi) is 26.2. The van der Waals surface area contributed by atoms with Gasteiger partial charge in [0.15, 0.2) is 0 Å². The first-order chi connectivity index (χ1) is 8.54. The molecule has 0 aromatic heterocycles. The van der Waals surface area contributed by atoms with Gasteiger partial charge in [-0.15, -0.1) is 0 Å². The molecule has 1 rings (SSSR count). The Hall–Kier alpha value is 0.200. The van der Waals surface area contributed by atoms with Gasteiger partial charge in [-0.2, -0.15) is 25.7 Å². The predicted molar refractivity (Wildman–Crippen MR) is 77.9 cm³/mol. The summed E-state index contributed by atoms with van der Waals surface area (Å²) in [5, 5.41) is 15.4. The number of unbranched alkanes of at least 4 members (excludes halogenated alkanes) is 2. The minimum atomic E-state index is -1.31. The van der Waals surface area contributed by atoms with Crippen LogP contribution in [0, 0.1) is 12.8 Å². The normalized spacial score (nSPS) is 12.7. The molecular weight excluding hydrogens is 272 g/mol. The maximum absolute atomic E-state index is 9.43. The maximum Gasteiger partial charge on any atom is 2.00 e. The SMILES string of the molecule is CC[CH-]CC.O=C(O)CC(=O)O.[CH-]1CCCCC1.[Ca+2]. The van der Waals surface area contributed by atoms with Crippen molar-refractivity contribution in [3.63, 3.8) is 0 Å². The summed E-state index contributed by atoms with van der Waals surface area (Å²) < 4.78 is 0. The third-order valence-electron chi connectivity index (χ3n) is 2.20. The number of carboxylic acid groups (broad SMARTS) is 2. The molecule has 19 heavy (non-hydrogen) atoms. The Labute approximate surface area is 147 Å². The molecule has 0 aliphatic heterocycles. The van der Waals surface area contributed by atoms with Crippen molar-refractivity contribution in [3.05, 3.63) is 12.8 Å². The Morgan fingerprint density at radius 3 is 1.47 bits per heavy atom. The largest absolute Gasteiger partial charge is 2.00 e. The van der Waals surface area contributed by atoms with Crippen molar-refractivity contribution >= 4 is 49.7 Å². The zero-order chi connectivity index (χ0) is 14.2. The van der Waals surface area contributed by atoms with Gasteiger partial charge in [0.1, 0.15) is 6.42 Å². The van der Waals surface area contributed by atoms with E-state index in [2.05, 4.69) is 26.7 Å². The summed E-state index contributed by atoms with van der Waals surface area (Å²) in [4.78, 5) is 18.9. The first-order valence-corrected chi connectivity index (χ1v) is 6.61. The average Bonchev–Trinajstić information content (AvgIpc) is 2.32. The molecule has 0 atom stereocenters. The Bertz CT molecular complexity index is 178. The Balaban J connectivity index is -0.000000200. The molecule has 0 radical (unpaired) electrons. The van der Waals surface area contributed by atoms with E-state index in [0.717, 1.165) is 0 Å². The fourth-order valence-corrected chi connectivity index (χ4v) is 1.32. The van der Waals surface area contributed by atoms with E-state index in [1.165, 1.54) is 44.9 Å². The van der Waals surface area contributed by atoms with Gasteiger partial charge in [-0.3, -0.25) is 9.59 Å². The van der Waals surface area contributed by atoms with Gasteiger partial charge in [0.25, 0.3) is 0 Å². The molecule has 0 spiro atoms. The van der Waals surface area contributed by atoms with Crippen LogP contribution in [0.3, 0.4) is 0 Å². The van der Waals surface area contributed by atoms with Crippen LogP contribution in [0.4, 0.5) is 0 Å². The molecule has 0 amide bonds. The molecule has 0 unspecified atom stereocenters. The van der Waals surface area contributed by atoms with Crippen molar-refractivity contribution in [3.8, 4) is 0 Å². The van der Waals surface area contributed by atoms with Crippen LogP contribution in [0.1, 0.15) is 65.2 Å². The second-order valence-corrected chi connectivity index (χ2v) is 4.00. The Morgan fingerprint density at radius 2 is 1.42 bits per heavy atom. The van der Waals surface area contributed by atoms with E-state index in [1.807, 2.05) is 0 Å². The smallest absolute Gasteiger partial charge is 0.481 e. The van der Waals surface area contributed by atoms with Crippen LogP contribution in [-0.2, 0) is 9.59 Å². The summed E-state index contributed by atoms with van der Waals surface area (Å²) in [7, 11) is 0. The van der Waals surface area contributed by atoms with Crippen LogP contribution in [0.15, 0.2) is 0 Å². The predicted octanol–water partition coefficient (Wildman–Crippen LogP) is 3.33. The van der Waals surface area contributed by atoms with Gasteiger partial charge < -0.3 is 23.1 Å². The van der Waals surface area contributed by atoms with Crippen molar-refractivity contribution < 1.29 is 19.8 Å². The van der Waals surface area contributed by atoms with Gasteiger partial charge in [-0.25, -0.2) is 0 Å². The summed E-state index contributed by atoms with van der Waals surface area (Å²) in [6, 6.07) is 0. The molecular formula is C14H26CaO4. The van der Waals surface area contributed by atoms with Crippen molar-refractivity contribution in [2.75, 3.05) is 0 Å². The summed E-state index contributed by atoms with van der Waals surface area (Å²) >= 11 is 0. The summed E-state index contributed by atoms with van der Waals surface area (Å²) in [6.45, 7) is 4.31. The number of hydrogen-bond acceptors (Lipinski definition) is 2. The zero-order valence-electron chi connectivity index (χ0n) is 12.2. The third-order valence-corrected chi connectivity index (χ3v) is 2.20. The molecule has 1 aliphatic rings. The molecule has 108 valence electrons. The van der Waals surface area contributed by atoms with Crippen LogP contribution in [0.5, 0.6) is 0 Å². The van der Waals surface area contributed by atoms with Crippen LogP contribution >= 0.6 is 0 Å². The average molecular weight is 298 g/mol. The Morgan fingerprint density at radius 1 is 1.00 bits per heavy atom. The van der Waals surface area contributed by atoms with Crippen LogP contribution in [-0.4, -0.2) is 59.9 Å². The third kappa shape index (κ3) is 32.1. The van der Waals surface area contributed by atoms with E-state index in [1.54, 1.807) is 0 Å². The molecule has 4 nitrogen and oxygen atoms in total. The number of hydrogen-bond donors (Lipinski definition) is 2. The minimum absolute atomic E-state index is 0. The van der Waals surface area contributed by atoms with Gasteiger partial charge in [0.05, 0.1) is 0 Å². The van der Waals surface area contributed by atoms with E-state index < -0.39 is 18.4 Å². The molecule has 0 aromatic carbocycles. The molecule has 0 saturated heterocycles. The number of carbonyl (C=O) groups is 2. The molecule has 1 aliphatic carbocycles. The topological polar surface area (TPSA) is 74.6 Å². The maximum atomic E-state index is 9.43. The van der Waals surface area contributed by atoms with Gasteiger partial charge in [-0.1, -0.05) is 33.1 Å². The van der Waals surface area contributed by atoms with E-state index in [-0.39, 0.29) is 37.7 Å². The minimum Gasteiger partial charge on any atom is -0.481 e. The van der Waals surface area contributed by atoms with Gasteiger partial charge in [0, 0.05) is 0 Å². The van der Waals surface area contributed by atoms with Crippen molar-refractivity contribution in [1.29, 1.82) is 0 Å². The second-order valence-electron chi connectivity index (χ2n) is 4.00. The van der Waals surface area contributed by atoms with Crippen molar-refractivity contribution in [2.24, 2.45) is 0 Å². The fourth-order valence-electron chi connectivity index (χ4n) is 1.32. The monoisotopic (exact) mass is 298 g/mol. The first-order valence-electron chi connectivity index (χ1n) is 6.61. The first kappa shape index (κ1) is 24.2. The standard InChI is InChI=1S/C6H11.C5H11.C3H4O4.Ca/c1-2-4-6-5-3-1;1-3-5-4-2;4-2(5)1-3(6)7;/h1H,2-6H2;5H,3-4H2,1-2H3;1H2,(H,4,5)(H,6,7);/q2*-1;;+2. The summed E-state index contributed by atoms with van der Waals surface area (Å²) in [5.74, 6) is -2.62. The van der Waals surface area contributed by atoms with Crippen LogP contribution < -0.4 is 0 Å². The number of aliphatic carboxylic acids is 2. The van der Waals surface area contributed by atoms with Gasteiger partial charge in [-0.05, 0) is 0 Å². The molecule has 0 aromatic rings. The number of carboxylic acids is 2. The molecule has 5 heteroatoms. The number of rotatable bonds is 4. The van der Waals surface area contributed by atoms with E-state index in [9.17, 15) is 9.59 Å². The summed E-state index contributed by atoms with van der Waals surface area (Å²) in [5.41, 5.74) is 0. The summed E-state index contributed by atoms with van der Waals surface area (Å²) in [6.07, 6.45) is 13.4. The second kappa shape index (κ2) is 20.5. The molecule has 1 saturated carbocycles. The zero-order valence-corrected chi connectivity index (χ0v) is 14.4. The molecule has 2 N–H and O–H groups in total. The van der Waals surface area contributed by atoms with Gasteiger partial charge in [0.2, 0.25) is 0 Å². The van der Waals surface area contributed by atoms with Crippen molar-refractivity contribution in [1.82, 2.24) is 0 Å². The molecule has 0 bridgehead atoms. The van der Waals surface area contributed by atoms with Crippen LogP contribution in [0.2, 0.25) is 0 Å². The van der Waals surface area contributed by atoms with E-state index in [4.69, 9.17) is 10.2 Å². The van der Waals surface area contributed by atoms with Crippen LogP contribution in [0.25, 0.3) is 0 Å².